The van der Waals surface area contributed by atoms with Gasteiger partial charge in [0.2, 0.25) is 5.91 Å². The van der Waals surface area contributed by atoms with Gasteiger partial charge in [0, 0.05) is 19.0 Å². The minimum absolute atomic E-state index is 0.00475. The van der Waals surface area contributed by atoms with E-state index in [1.807, 2.05) is 6.92 Å². The fourth-order valence-corrected chi connectivity index (χ4v) is 2.07. The van der Waals surface area contributed by atoms with E-state index in [1.165, 1.54) is 0 Å². The highest BCUT2D eigenvalue weighted by Crippen LogP contribution is 2.36. The molecule has 3 heteroatoms. The average Bonchev–Trinajstić information content (AvgIpc) is 2.55. The molecule has 3 nitrogen and oxygen atoms in total. The summed E-state index contributed by atoms with van der Waals surface area (Å²) in [5.41, 5.74) is 5.59. The van der Waals surface area contributed by atoms with Crippen molar-refractivity contribution in [3.05, 3.63) is 0 Å². The van der Waals surface area contributed by atoms with Gasteiger partial charge in [-0.2, -0.15) is 0 Å². The summed E-state index contributed by atoms with van der Waals surface area (Å²) in [6, 6.07) is 0.00475. The zero-order valence-electron chi connectivity index (χ0n) is 9.38. The first-order chi connectivity index (χ1) is 7.11. The third kappa shape index (κ3) is 2.73. The average molecular weight is 208 g/mol. The molecule has 0 saturated heterocycles. The molecule has 2 unspecified atom stereocenters. The molecule has 84 valence electrons. The van der Waals surface area contributed by atoms with Crippen molar-refractivity contribution >= 4 is 5.91 Å². The van der Waals surface area contributed by atoms with Crippen LogP contribution in [-0.2, 0) is 4.79 Å². The van der Waals surface area contributed by atoms with E-state index >= 15 is 0 Å². The normalized spacial score (nSPS) is 29.8. The SMILES string of the molecule is C#CCCCNC(=O)C1(C)CCCC1N. The summed E-state index contributed by atoms with van der Waals surface area (Å²) in [6.45, 7) is 2.62. The molecule has 0 spiro atoms. The fraction of sp³-hybridized carbons (Fsp3) is 0.750. The summed E-state index contributed by atoms with van der Waals surface area (Å²) in [5, 5.41) is 2.92. The molecule has 1 amide bonds. The quantitative estimate of drug-likeness (QED) is 0.535. The van der Waals surface area contributed by atoms with E-state index in [-0.39, 0.29) is 17.4 Å². The number of carbonyl (C=O) groups excluding carboxylic acids is 1. The van der Waals surface area contributed by atoms with Crippen LogP contribution in [0.2, 0.25) is 0 Å². The van der Waals surface area contributed by atoms with Gasteiger partial charge in [0.1, 0.15) is 0 Å². The molecule has 0 aromatic heterocycles. The topological polar surface area (TPSA) is 55.1 Å². The van der Waals surface area contributed by atoms with Gasteiger partial charge >= 0.3 is 0 Å². The molecule has 1 saturated carbocycles. The van der Waals surface area contributed by atoms with Gasteiger partial charge < -0.3 is 11.1 Å². The van der Waals surface area contributed by atoms with Gasteiger partial charge in [0.25, 0.3) is 0 Å². The lowest BCUT2D eigenvalue weighted by Gasteiger charge is -2.27. The monoisotopic (exact) mass is 208 g/mol. The molecule has 3 N–H and O–H groups in total. The van der Waals surface area contributed by atoms with E-state index in [0.717, 1.165) is 25.7 Å². The van der Waals surface area contributed by atoms with Crippen LogP contribution < -0.4 is 11.1 Å². The predicted molar refractivity (Wildman–Crippen MR) is 61.0 cm³/mol. The van der Waals surface area contributed by atoms with E-state index in [4.69, 9.17) is 12.2 Å². The molecule has 1 rings (SSSR count). The van der Waals surface area contributed by atoms with Crippen LogP contribution in [0.5, 0.6) is 0 Å². The van der Waals surface area contributed by atoms with Gasteiger partial charge in [-0.15, -0.1) is 12.3 Å². The maximum Gasteiger partial charge on any atom is 0.227 e. The Hall–Kier alpha value is -1.01. The molecular weight excluding hydrogens is 188 g/mol. The maximum absolute atomic E-state index is 11.9. The fourth-order valence-electron chi connectivity index (χ4n) is 2.07. The number of amides is 1. The smallest absolute Gasteiger partial charge is 0.227 e. The Kier molecular flexibility index (Phi) is 4.16. The van der Waals surface area contributed by atoms with Crippen molar-refractivity contribution in [1.82, 2.24) is 5.32 Å². The number of nitrogens with one attached hydrogen (secondary N) is 1. The molecule has 0 radical (unpaired) electrons. The summed E-state index contributed by atoms with van der Waals surface area (Å²) in [5.74, 6) is 2.64. The largest absolute Gasteiger partial charge is 0.356 e. The molecule has 0 bridgehead atoms. The summed E-state index contributed by atoms with van der Waals surface area (Å²) in [4.78, 5) is 11.9. The number of hydrogen-bond acceptors (Lipinski definition) is 2. The van der Waals surface area contributed by atoms with E-state index in [1.54, 1.807) is 0 Å². The van der Waals surface area contributed by atoms with Crippen LogP contribution in [-0.4, -0.2) is 18.5 Å². The second-order valence-corrected chi connectivity index (χ2v) is 4.48. The van der Waals surface area contributed by atoms with Gasteiger partial charge in [-0.25, -0.2) is 0 Å². The third-order valence-electron chi connectivity index (χ3n) is 3.33. The van der Waals surface area contributed by atoms with Crippen molar-refractivity contribution in [2.45, 2.75) is 45.1 Å². The Bertz CT molecular complexity index is 269. The van der Waals surface area contributed by atoms with Gasteiger partial charge in [-0.1, -0.05) is 6.42 Å². The zero-order chi connectivity index (χ0) is 11.3. The first kappa shape index (κ1) is 12.1. The van der Waals surface area contributed by atoms with Crippen LogP contribution in [0.15, 0.2) is 0 Å². The molecule has 1 fully saturated rings. The summed E-state index contributed by atoms with van der Waals surface area (Å²) < 4.78 is 0. The number of carbonyl (C=O) groups is 1. The zero-order valence-corrected chi connectivity index (χ0v) is 9.38. The van der Waals surface area contributed by atoms with Crippen molar-refractivity contribution in [2.24, 2.45) is 11.1 Å². The molecule has 1 aliphatic rings. The lowest BCUT2D eigenvalue weighted by molar-refractivity contribution is -0.130. The van der Waals surface area contributed by atoms with E-state index in [2.05, 4.69) is 11.2 Å². The standard InChI is InChI=1S/C12H20N2O/c1-3-4-5-9-14-11(15)12(2)8-6-7-10(12)13/h1,10H,4-9,13H2,2H3,(H,14,15). The first-order valence-corrected chi connectivity index (χ1v) is 5.58. The van der Waals surface area contributed by atoms with Gasteiger partial charge in [-0.3, -0.25) is 4.79 Å². The lowest BCUT2D eigenvalue weighted by Crippen LogP contribution is -2.47. The van der Waals surface area contributed by atoms with Crippen LogP contribution in [0.3, 0.4) is 0 Å². The Balaban J connectivity index is 2.36. The maximum atomic E-state index is 11.9. The Labute approximate surface area is 91.8 Å². The van der Waals surface area contributed by atoms with E-state index in [9.17, 15) is 4.79 Å². The number of rotatable bonds is 4. The minimum atomic E-state index is -0.365. The number of terminal acetylenes is 1. The van der Waals surface area contributed by atoms with Crippen LogP contribution >= 0.6 is 0 Å². The first-order valence-electron chi connectivity index (χ1n) is 5.58. The Morgan fingerprint density at radius 3 is 3.00 bits per heavy atom. The van der Waals surface area contributed by atoms with Crippen molar-refractivity contribution in [2.75, 3.05) is 6.54 Å². The molecule has 2 atom stereocenters. The predicted octanol–water partition coefficient (Wildman–Crippen LogP) is 1.03. The second-order valence-electron chi connectivity index (χ2n) is 4.48. The van der Waals surface area contributed by atoms with Gasteiger partial charge in [0.15, 0.2) is 0 Å². The second kappa shape index (κ2) is 5.18. The highest BCUT2D eigenvalue weighted by molar-refractivity contribution is 5.83. The van der Waals surface area contributed by atoms with Crippen molar-refractivity contribution in [1.29, 1.82) is 0 Å². The lowest BCUT2D eigenvalue weighted by atomic mass is 9.84. The molecule has 15 heavy (non-hydrogen) atoms. The Morgan fingerprint density at radius 1 is 1.73 bits per heavy atom. The number of hydrogen-bond donors (Lipinski definition) is 2. The highest BCUT2D eigenvalue weighted by atomic mass is 16.2. The van der Waals surface area contributed by atoms with Crippen LogP contribution in [0, 0.1) is 17.8 Å². The summed E-state index contributed by atoms with van der Waals surface area (Å²) in [7, 11) is 0. The van der Waals surface area contributed by atoms with E-state index < -0.39 is 0 Å². The molecule has 0 aromatic rings. The van der Waals surface area contributed by atoms with Crippen molar-refractivity contribution in [3.8, 4) is 12.3 Å². The van der Waals surface area contributed by atoms with Crippen LogP contribution in [0.25, 0.3) is 0 Å². The molecular formula is C12H20N2O. The van der Waals surface area contributed by atoms with Crippen LogP contribution in [0.4, 0.5) is 0 Å². The molecule has 1 aliphatic carbocycles. The molecule has 0 aromatic carbocycles. The van der Waals surface area contributed by atoms with Crippen LogP contribution in [0.1, 0.15) is 39.0 Å². The molecule has 0 heterocycles. The van der Waals surface area contributed by atoms with E-state index in [0.29, 0.717) is 13.0 Å². The number of nitrogens with two attached hydrogens (primary N) is 1. The van der Waals surface area contributed by atoms with Gasteiger partial charge in [-0.05, 0) is 26.2 Å². The molecule has 0 aliphatic heterocycles. The van der Waals surface area contributed by atoms with Crippen molar-refractivity contribution < 1.29 is 4.79 Å². The number of unbranched alkanes of at least 4 members (excludes halogenated alkanes) is 1. The Morgan fingerprint density at radius 2 is 2.47 bits per heavy atom. The third-order valence-corrected chi connectivity index (χ3v) is 3.33. The summed E-state index contributed by atoms with van der Waals surface area (Å²) >= 11 is 0. The highest BCUT2D eigenvalue weighted by Gasteiger charge is 2.42. The van der Waals surface area contributed by atoms with Gasteiger partial charge in [0.05, 0.1) is 5.41 Å². The van der Waals surface area contributed by atoms with Crippen molar-refractivity contribution in [3.63, 3.8) is 0 Å². The minimum Gasteiger partial charge on any atom is -0.356 e. The summed E-state index contributed by atoms with van der Waals surface area (Å²) in [6.07, 6.45) is 9.59.